The Hall–Kier alpha value is -0.800. The molecule has 0 aliphatic carbocycles. The minimum atomic E-state index is 0.746. The van der Waals surface area contributed by atoms with Crippen LogP contribution in [0.5, 0.6) is 0 Å². The van der Waals surface area contributed by atoms with Gasteiger partial charge in [0.25, 0.3) is 0 Å². The molecule has 1 aromatic heterocycles. The van der Waals surface area contributed by atoms with E-state index in [0.717, 1.165) is 48.6 Å². The number of halogens is 1. The highest BCUT2D eigenvalue weighted by molar-refractivity contribution is 6.31. The van der Waals surface area contributed by atoms with Crippen molar-refractivity contribution in [1.82, 2.24) is 10.3 Å². The van der Waals surface area contributed by atoms with E-state index in [0.29, 0.717) is 0 Å². The molecule has 2 rings (SSSR count). The molecule has 1 saturated heterocycles. The lowest BCUT2D eigenvalue weighted by atomic mass is 9.96. The quantitative estimate of drug-likeness (QED) is 0.851. The van der Waals surface area contributed by atoms with Crippen molar-refractivity contribution in [2.45, 2.75) is 52.5 Å². The fraction of sp³-hybridized carbons (Fsp3) is 0.706. The van der Waals surface area contributed by atoms with Gasteiger partial charge in [0, 0.05) is 19.6 Å². The molecule has 1 fully saturated rings. The molecule has 1 aliphatic rings. The van der Waals surface area contributed by atoms with Crippen LogP contribution in [0.25, 0.3) is 0 Å². The van der Waals surface area contributed by atoms with E-state index in [1.807, 2.05) is 6.07 Å². The summed E-state index contributed by atoms with van der Waals surface area (Å²) < 4.78 is 0. The van der Waals surface area contributed by atoms with Gasteiger partial charge in [-0.05, 0) is 43.9 Å². The molecule has 0 bridgehead atoms. The van der Waals surface area contributed by atoms with E-state index in [2.05, 4.69) is 30.1 Å². The molecule has 0 spiro atoms. The van der Waals surface area contributed by atoms with Gasteiger partial charge in [-0.15, -0.1) is 0 Å². The second kappa shape index (κ2) is 8.60. The summed E-state index contributed by atoms with van der Waals surface area (Å²) in [5, 5.41) is 4.07. The van der Waals surface area contributed by atoms with E-state index in [9.17, 15) is 0 Å². The van der Waals surface area contributed by atoms with Gasteiger partial charge < -0.3 is 10.2 Å². The molecule has 0 radical (unpaired) electrons. The van der Waals surface area contributed by atoms with Crippen molar-refractivity contribution >= 4 is 17.4 Å². The SMILES string of the molecule is CCCC1CCCN(c2ccc(Cl)c(CNCC)n2)CC1. The molecule has 0 aromatic carbocycles. The lowest BCUT2D eigenvalue weighted by Crippen LogP contribution is -2.26. The van der Waals surface area contributed by atoms with Crippen LogP contribution in [0.1, 0.15) is 51.6 Å². The minimum absolute atomic E-state index is 0.746. The average Bonchev–Trinajstić information content (AvgIpc) is 2.73. The summed E-state index contributed by atoms with van der Waals surface area (Å²) in [4.78, 5) is 7.21. The molecule has 21 heavy (non-hydrogen) atoms. The van der Waals surface area contributed by atoms with Crippen molar-refractivity contribution < 1.29 is 0 Å². The van der Waals surface area contributed by atoms with Gasteiger partial charge in [0.1, 0.15) is 5.82 Å². The van der Waals surface area contributed by atoms with Gasteiger partial charge in [-0.3, -0.25) is 0 Å². The van der Waals surface area contributed by atoms with Crippen LogP contribution in [0.2, 0.25) is 5.02 Å². The molecule has 118 valence electrons. The summed E-state index contributed by atoms with van der Waals surface area (Å²) in [5.41, 5.74) is 0.963. The van der Waals surface area contributed by atoms with E-state index in [-0.39, 0.29) is 0 Å². The van der Waals surface area contributed by atoms with Gasteiger partial charge in [0.05, 0.1) is 10.7 Å². The molecule has 1 aliphatic heterocycles. The Morgan fingerprint density at radius 1 is 1.29 bits per heavy atom. The Morgan fingerprint density at radius 3 is 2.90 bits per heavy atom. The molecular weight excluding hydrogens is 282 g/mol. The maximum absolute atomic E-state index is 6.25. The summed E-state index contributed by atoms with van der Waals surface area (Å²) in [5.74, 6) is 1.98. The smallest absolute Gasteiger partial charge is 0.128 e. The Bertz CT molecular complexity index is 436. The number of hydrogen-bond donors (Lipinski definition) is 1. The predicted octanol–water partition coefficient (Wildman–Crippen LogP) is 4.25. The van der Waals surface area contributed by atoms with Crippen molar-refractivity contribution in [3.63, 3.8) is 0 Å². The number of rotatable bonds is 6. The average molecular weight is 310 g/mol. The first-order chi connectivity index (χ1) is 10.2. The fourth-order valence-electron chi connectivity index (χ4n) is 3.11. The van der Waals surface area contributed by atoms with E-state index in [1.54, 1.807) is 0 Å². The molecule has 1 aromatic rings. The number of nitrogens with one attached hydrogen (secondary N) is 1. The second-order valence-electron chi connectivity index (χ2n) is 5.95. The molecule has 1 N–H and O–H groups in total. The van der Waals surface area contributed by atoms with E-state index >= 15 is 0 Å². The number of aromatic nitrogens is 1. The number of hydrogen-bond acceptors (Lipinski definition) is 3. The zero-order valence-corrected chi connectivity index (χ0v) is 14.1. The summed E-state index contributed by atoms with van der Waals surface area (Å²) in [6.45, 7) is 8.31. The lowest BCUT2D eigenvalue weighted by molar-refractivity contribution is 0.435. The maximum atomic E-state index is 6.25. The Morgan fingerprint density at radius 2 is 2.14 bits per heavy atom. The summed E-state index contributed by atoms with van der Waals surface area (Å²) in [6, 6.07) is 4.06. The van der Waals surface area contributed by atoms with Crippen LogP contribution in [0.4, 0.5) is 5.82 Å². The summed E-state index contributed by atoms with van der Waals surface area (Å²) >= 11 is 6.25. The maximum Gasteiger partial charge on any atom is 0.128 e. The van der Waals surface area contributed by atoms with E-state index in [4.69, 9.17) is 16.6 Å². The van der Waals surface area contributed by atoms with Crippen LogP contribution in [-0.2, 0) is 6.54 Å². The first kappa shape index (κ1) is 16.6. The first-order valence-electron chi connectivity index (χ1n) is 8.35. The largest absolute Gasteiger partial charge is 0.357 e. The fourth-order valence-corrected chi connectivity index (χ4v) is 3.28. The Labute approximate surface area is 134 Å². The van der Waals surface area contributed by atoms with Crippen molar-refractivity contribution in [2.24, 2.45) is 5.92 Å². The third-order valence-electron chi connectivity index (χ3n) is 4.31. The molecule has 1 unspecified atom stereocenters. The monoisotopic (exact) mass is 309 g/mol. The van der Waals surface area contributed by atoms with Gasteiger partial charge in [-0.2, -0.15) is 0 Å². The minimum Gasteiger partial charge on any atom is -0.357 e. The van der Waals surface area contributed by atoms with E-state index < -0.39 is 0 Å². The lowest BCUT2D eigenvalue weighted by Gasteiger charge is -2.22. The van der Waals surface area contributed by atoms with Crippen LogP contribution in [-0.4, -0.2) is 24.6 Å². The highest BCUT2D eigenvalue weighted by atomic mass is 35.5. The first-order valence-corrected chi connectivity index (χ1v) is 8.73. The van der Waals surface area contributed by atoms with Crippen LogP contribution in [0.3, 0.4) is 0 Å². The van der Waals surface area contributed by atoms with Crippen LogP contribution in [0.15, 0.2) is 12.1 Å². The zero-order chi connectivity index (χ0) is 15.1. The molecule has 4 heteroatoms. The van der Waals surface area contributed by atoms with Crippen LogP contribution in [0, 0.1) is 5.92 Å². The molecule has 0 saturated carbocycles. The van der Waals surface area contributed by atoms with Crippen molar-refractivity contribution in [1.29, 1.82) is 0 Å². The van der Waals surface area contributed by atoms with Gasteiger partial charge in [-0.1, -0.05) is 38.3 Å². The van der Waals surface area contributed by atoms with Gasteiger partial charge in [0.2, 0.25) is 0 Å². The van der Waals surface area contributed by atoms with E-state index in [1.165, 1.54) is 32.1 Å². The van der Waals surface area contributed by atoms with Crippen LogP contribution < -0.4 is 10.2 Å². The topological polar surface area (TPSA) is 28.2 Å². The number of pyridine rings is 1. The molecule has 3 nitrogen and oxygen atoms in total. The third kappa shape index (κ3) is 4.86. The number of nitrogens with zero attached hydrogens (tertiary/aromatic N) is 2. The molecule has 2 heterocycles. The highest BCUT2D eigenvalue weighted by Crippen LogP contribution is 2.26. The highest BCUT2D eigenvalue weighted by Gasteiger charge is 2.18. The normalized spacial score (nSPS) is 19.6. The van der Waals surface area contributed by atoms with Gasteiger partial charge in [-0.25, -0.2) is 4.98 Å². The molecular formula is C17H28ClN3. The summed E-state index contributed by atoms with van der Waals surface area (Å²) in [7, 11) is 0. The predicted molar refractivity (Wildman–Crippen MR) is 91.1 cm³/mol. The van der Waals surface area contributed by atoms with Crippen LogP contribution >= 0.6 is 11.6 Å². The molecule has 1 atom stereocenters. The van der Waals surface area contributed by atoms with Gasteiger partial charge in [0.15, 0.2) is 0 Å². The van der Waals surface area contributed by atoms with Crippen molar-refractivity contribution in [3.8, 4) is 0 Å². The second-order valence-corrected chi connectivity index (χ2v) is 6.36. The summed E-state index contributed by atoms with van der Waals surface area (Å²) in [6.07, 6.45) is 6.60. The third-order valence-corrected chi connectivity index (χ3v) is 4.66. The molecule has 0 amide bonds. The number of anilines is 1. The Kier molecular flexibility index (Phi) is 6.78. The zero-order valence-electron chi connectivity index (χ0n) is 13.4. The standard InChI is InChI=1S/C17H28ClN3/c1-3-6-14-7-5-11-21(12-10-14)17-9-8-15(18)16(20-17)13-19-4-2/h8-9,14,19H,3-7,10-13H2,1-2H3. The van der Waals surface area contributed by atoms with Gasteiger partial charge >= 0.3 is 0 Å². The van der Waals surface area contributed by atoms with Crippen molar-refractivity contribution in [3.05, 3.63) is 22.8 Å². The van der Waals surface area contributed by atoms with Crippen molar-refractivity contribution in [2.75, 3.05) is 24.5 Å². The Balaban J connectivity index is 2.03.